The minimum atomic E-state index is -0.449. The molecule has 8 heteroatoms. The number of carbonyl (C=O) groups excluding carboxylic acids is 2. The van der Waals surface area contributed by atoms with Crippen LogP contribution in [0, 0.1) is 0 Å². The number of esters is 1. The van der Waals surface area contributed by atoms with Gasteiger partial charge < -0.3 is 10.1 Å². The van der Waals surface area contributed by atoms with Gasteiger partial charge in [0, 0.05) is 6.92 Å². The highest BCUT2D eigenvalue weighted by molar-refractivity contribution is 8.17. The summed E-state index contributed by atoms with van der Waals surface area (Å²) in [5, 5.41) is 3.08. The molecule has 0 radical (unpaired) electrons. The van der Waals surface area contributed by atoms with Gasteiger partial charge in [0.05, 0.1) is 16.6 Å². The Morgan fingerprint density at radius 1 is 1.37 bits per heavy atom. The van der Waals surface area contributed by atoms with Crippen molar-refractivity contribution in [2.45, 2.75) is 17.9 Å². The molecule has 1 aliphatic heterocycles. The quantitative estimate of drug-likeness (QED) is 0.864. The van der Waals surface area contributed by atoms with Crippen LogP contribution in [-0.2, 0) is 9.53 Å². The van der Waals surface area contributed by atoms with Crippen molar-refractivity contribution in [1.82, 2.24) is 4.98 Å². The Hall–Kier alpha value is -0.730. The van der Waals surface area contributed by atoms with Crippen LogP contribution in [0.25, 0.3) is 0 Å². The maximum Gasteiger partial charge on any atom is 0.357 e. The molecular formula is C11H14N2O3S3. The van der Waals surface area contributed by atoms with E-state index in [4.69, 9.17) is 4.74 Å². The first-order valence-electron chi connectivity index (χ1n) is 5.71. The van der Waals surface area contributed by atoms with Crippen LogP contribution in [0.15, 0.2) is 0 Å². The number of aromatic nitrogens is 1. The summed E-state index contributed by atoms with van der Waals surface area (Å²) in [7, 11) is 1.34. The number of carbonyl (C=O) groups is 2. The second-order valence-electron chi connectivity index (χ2n) is 3.83. The lowest BCUT2D eigenvalue weighted by Crippen LogP contribution is -2.09. The van der Waals surface area contributed by atoms with Gasteiger partial charge in [0.2, 0.25) is 5.91 Å². The number of thiazole rings is 1. The minimum absolute atomic E-state index is 0.194. The van der Waals surface area contributed by atoms with E-state index in [9.17, 15) is 9.59 Å². The SMILES string of the molecule is COC(=O)c1nc(NC(C)=O)sc1C1SCCCS1. The zero-order valence-electron chi connectivity index (χ0n) is 10.6. The fourth-order valence-electron chi connectivity index (χ4n) is 1.58. The number of anilines is 1. The molecule has 0 aromatic carbocycles. The predicted molar refractivity (Wildman–Crippen MR) is 80.0 cm³/mol. The molecule has 1 aromatic rings. The minimum Gasteiger partial charge on any atom is -0.464 e. The Morgan fingerprint density at radius 3 is 2.63 bits per heavy atom. The third-order valence-electron chi connectivity index (χ3n) is 2.36. The molecule has 1 amide bonds. The number of thioether (sulfide) groups is 2. The number of methoxy groups -OCH3 is 1. The smallest absolute Gasteiger partial charge is 0.357 e. The highest BCUT2D eigenvalue weighted by Crippen LogP contribution is 2.47. The molecule has 1 aromatic heterocycles. The van der Waals surface area contributed by atoms with Crippen molar-refractivity contribution in [3.8, 4) is 0 Å². The van der Waals surface area contributed by atoms with Crippen LogP contribution in [0.3, 0.4) is 0 Å². The van der Waals surface area contributed by atoms with E-state index in [-0.39, 0.29) is 10.5 Å². The van der Waals surface area contributed by atoms with Gasteiger partial charge in [0.15, 0.2) is 10.8 Å². The molecule has 104 valence electrons. The Labute approximate surface area is 123 Å². The summed E-state index contributed by atoms with van der Waals surface area (Å²) in [6, 6.07) is 0. The predicted octanol–water partition coefficient (Wildman–Crippen LogP) is 2.76. The monoisotopic (exact) mass is 318 g/mol. The van der Waals surface area contributed by atoms with E-state index in [2.05, 4.69) is 10.3 Å². The van der Waals surface area contributed by atoms with Crippen LogP contribution in [0.1, 0.15) is 33.3 Å². The molecule has 0 aliphatic carbocycles. The Bertz CT molecular complexity index is 484. The van der Waals surface area contributed by atoms with Gasteiger partial charge in [-0.15, -0.1) is 23.5 Å². The van der Waals surface area contributed by atoms with Gasteiger partial charge in [-0.1, -0.05) is 11.3 Å². The molecule has 2 rings (SSSR count). The largest absolute Gasteiger partial charge is 0.464 e. The highest BCUT2D eigenvalue weighted by atomic mass is 32.2. The van der Waals surface area contributed by atoms with E-state index in [0.717, 1.165) is 16.4 Å². The summed E-state index contributed by atoms with van der Waals surface area (Å²) in [5.74, 6) is 1.51. The summed E-state index contributed by atoms with van der Waals surface area (Å²) in [6.45, 7) is 1.42. The fourth-order valence-corrected chi connectivity index (χ4v) is 5.86. The summed E-state index contributed by atoms with van der Waals surface area (Å²) in [5.41, 5.74) is 0.322. The van der Waals surface area contributed by atoms with Crippen molar-refractivity contribution < 1.29 is 14.3 Å². The van der Waals surface area contributed by atoms with Crippen molar-refractivity contribution in [2.24, 2.45) is 0 Å². The Balaban J connectivity index is 2.29. The Morgan fingerprint density at radius 2 is 2.05 bits per heavy atom. The van der Waals surface area contributed by atoms with Crippen LogP contribution in [0.5, 0.6) is 0 Å². The third kappa shape index (κ3) is 3.64. The number of rotatable bonds is 3. The molecule has 0 spiro atoms. The van der Waals surface area contributed by atoms with Gasteiger partial charge in [0.25, 0.3) is 0 Å². The molecule has 5 nitrogen and oxygen atoms in total. The lowest BCUT2D eigenvalue weighted by Gasteiger charge is -2.19. The third-order valence-corrected chi connectivity index (χ3v) is 6.63. The maximum atomic E-state index is 11.8. The molecule has 0 atom stereocenters. The first-order valence-corrected chi connectivity index (χ1v) is 8.63. The van der Waals surface area contributed by atoms with Crippen LogP contribution in [-0.4, -0.2) is 35.5 Å². The molecular weight excluding hydrogens is 304 g/mol. The van der Waals surface area contributed by atoms with E-state index in [0.29, 0.717) is 10.8 Å². The molecule has 0 unspecified atom stereocenters. The van der Waals surface area contributed by atoms with E-state index in [1.807, 2.05) is 0 Å². The maximum absolute atomic E-state index is 11.8. The molecule has 1 saturated heterocycles. The second-order valence-corrected chi connectivity index (χ2v) is 7.59. The van der Waals surface area contributed by atoms with Crippen molar-refractivity contribution >= 4 is 51.9 Å². The van der Waals surface area contributed by atoms with Crippen molar-refractivity contribution in [1.29, 1.82) is 0 Å². The summed E-state index contributed by atoms with van der Waals surface area (Å²) in [4.78, 5) is 27.9. The van der Waals surface area contributed by atoms with E-state index < -0.39 is 5.97 Å². The first kappa shape index (κ1) is 14.7. The average Bonchev–Trinajstić information content (AvgIpc) is 2.82. The van der Waals surface area contributed by atoms with Gasteiger partial charge in [-0.25, -0.2) is 9.78 Å². The van der Waals surface area contributed by atoms with E-state index in [1.54, 1.807) is 23.5 Å². The van der Waals surface area contributed by atoms with Crippen molar-refractivity contribution in [3.05, 3.63) is 10.6 Å². The van der Waals surface area contributed by atoms with Crippen LogP contribution in [0.2, 0.25) is 0 Å². The Kier molecular flexibility index (Phi) is 5.12. The van der Waals surface area contributed by atoms with Gasteiger partial charge in [-0.3, -0.25) is 4.79 Å². The zero-order chi connectivity index (χ0) is 13.8. The number of hydrogen-bond acceptors (Lipinski definition) is 7. The lowest BCUT2D eigenvalue weighted by molar-refractivity contribution is -0.114. The molecule has 1 aliphatic rings. The first-order chi connectivity index (χ1) is 9.11. The van der Waals surface area contributed by atoms with E-state index in [1.165, 1.54) is 31.8 Å². The molecule has 1 fully saturated rings. The molecule has 0 saturated carbocycles. The number of ether oxygens (including phenoxy) is 1. The van der Waals surface area contributed by atoms with Crippen molar-refractivity contribution in [3.63, 3.8) is 0 Å². The standard InChI is InChI=1S/C11H14N2O3S3/c1-6(14)12-11-13-7(9(15)16-2)8(19-11)10-17-4-3-5-18-10/h10H,3-5H2,1-2H3,(H,12,13,14). The summed E-state index contributed by atoms with van der Waals surface area (Å²) < 4.78 is 4.96. The van der Waals surface area contributed by atoms with Crippen LogP contribution in [0.4, 0.5) is 5.13 Å². The van der Waals surface area contributed by atoms with Gasteiger partial charge in [0.1, 0.15) is 0 Å². The molecule has 0 bridgehead atoms. The summed E-state index contributed by atoms with van der Waals surface area (Å²) in [6.07, 6.45) is 1.18. The average molecular weight is 318 g/mol. The van der Waals surface area contributed by atoms with E-state index >= 15 is 0 Å². The molecule has 1 N–H and O–H groups in total. The van der Waals surface area contributed by atoms with Crippen LogP contribution >= 0.6 is 34.9 Å². The highest BCUT2D eigenvalue weighted by Gasteiger charge is 2.27. The number of amides is 1. The number of nitrogens with one attached hydrogen (secondary N) is 1. The normalized spacial score (nSPS) is 16.1. The topological polar surface area (TPSA) is 68.3 Å². The number of hydrogen-bond donors (Lipinski definition) is 1. The number of nitrogens with zero attached hydrogens (tertiary/aromatic N) is 1. The van der Waals surface area contributed by atoms with Gasteiger partial charge >= 0.3 is 5.97 Å². The lowest BCUT2D eigenvalue weighted by atomic mass is 10.4. The molecule has 2 heterocycles. The second kappa shape index (κ2) is 6.62. The van der Waals surface area contributed by atoms with Gasteiger partial charge in [-0.05, 0) is 17.9 Å². The summed E-state index contributed by atoms with van der Waals surface area (Å²) >= 11 is 4.96. The van der Waals surface area contributed by atoms with Crippen molar-refractivity contribution in [2.75, 3.05) is 23.9 Å². The van der Waals surface area contributed by atoms with Crippen LogP contribution < -0.4 is 5.32 Å². The van der Waals surface area contributed by atoms with Gasteiger partial charge in [-0.2, -0.15) is 0 Å². The zero-order valence-corrected chi connectivity index (χ0v) is 13.0. The molecule has 19 heavy (non-hydrogen) atoms. The fraction of sp³-hybridized carbons (Fsp3) is 0.545.